The maximum atomic E-state index is 11.5. The first kappa shape index (κ1) is 27.7. The van der Waals surface area contributed by atoms with Crippen LogP contribution in [-0.2, 0) is 17.9 Å². The van der Waals surface area contributed by atoms with Crippen molar-refractivity contribution in [3.8, 4) is 22.6 Å². The number of nitrogens with zero attached hydrogens (tertiary/aromatic N) is 2. The van der Waals surface area contributed by atoms with E-state index in [2.05, 4.69) is 16.4 Å². The molecule has 10 heteroatoms. The molecular formula is C26H24KN3O6. The monoisotopic (exact) mass is 513 g/mol. The molecule has 0 spiro atoms. The molecule has 0 aliphatic heterocycles. The molecular weight excluding hydrogens is 489 g/mol. The molecule has 1 aromatic heterocycles. The van der Waals surface area contributed by atoms with Crippen molar-refractivity contribution >= 4 is 5.91 Å². The average molecular weight is 514 g/mol. The fourth-order valence-corrected chi connectivity index (χ4v) is 3.51. The Kier molecular flexibility index (Phi) is 9.91. The van der Waals surface area contributed by atoms with Crippen LogP contribution in [0.4, 0.5) is 0 Å². The van der Waals surface area contributed by atoms with E-state index in [1.54, 1.807) is 31.3 Å². The van der Waals surface area contributed by atoms with Gasteiger partial charge in [-0.1, -0.05) is 36.4 Å². The van der Waals surface area contributed by atoms with E-state index in [4.69, 9.17) is 14.0 Å². The molecule has 1 heterocycles. The van der Waals surface area contributed by atoms with Crippen LogP contribution in [0, 0.1) is 6.92 Å². The molecule has 180 valence electrons. The number of rotatable bonds is 9. The molecule has 0 saturated carbocycles. The van der Waals surface area contributed by atoms with Crippen LogP contribution in [0.1, 0.15) is 16.7 Å². The molecule has 0 saturated heterocycles. The Hall–Kier alpha value is -2.89. The second kappa shape index (κ2) is 12.9. The van der Waals surface area contributed by atoms with Crippen molar-refractivity contribution in [1.29, 1.82) is 0 Å². The Labute approximate surface area is 249 Å². The van der Waals surface area contributed by atoms with Crippen molar-refractivity contribution in [3.63, 3.8) is 0 Å². The Morgan fingerprint density at radius 3 is 2.39 bits per heavy atom. The summed E-state index contributed by atoms with van der Waals surface area (Å²) >= 11 is 0. The summed E-state index contributed by atoms with van der Waals surface area (Å²) in [6.07, 6.45) is 0. The van der Waals surface area contributed by atoms with Gasteiger partial charge in [0.2, 0.25) is 0 Å². The third-order valence-corrected chi connectivity index (χ3v) is 5.33. The summed E-state index contributed by atoms with van der Waals surface area (Å²) in [4.78, 5) is 37.1. The van der Waals surface area contributed by atoms with E-state index in [0.717, 1.165) is 32.6 Å². The maximum absolute atomic E-state index is 11.5. The van der Waals surface area contributed by atoms with Gasteiger partial charge in [0, 0.05) is 13.6 Å². The van der Waals surface area contributed by atoms with Crippen molar-refractivity contribution in [2.75, 3.05) is 13.7 Å². The number of benzene rings is 3. The first-order valence-corrected chi connectivity index (χ1v) is 10.9. The number of carbonyl (C=O) groups excluding carboxylic acids is 1. The first-order chi connectivity index (χ1) is 16.9. The zero-order chi connectivity index (χ0) is 24.8. The van der Waals surface area contributed by atoms with E-state index in [1.165, 1.54) is 0 Å². The predicted octanol–water partition coefficient (Wildman–Crippen LogP) is -0.510. The van der Waals surface area contributed by atoms with Gasteiger partial charge in [-0.2, -0.15) is 0 Å². The van der Waals surface area contributed by atoms with Crippen molar-refractivity contribution in [3.05, 3.63) is 104 Å². The van der Waals surface area contributed by atoms with E-state index in [0.29, 0.717) is 18.1 Å². The quantitative estimate of drug-likeness (QED) is 0.300. The number of amides is 1. The van der Waals surface area contributed by atoms with Crippen LogP contribution < -0.4 is 82.6 Å². The summed E-state index contributed by atoms with van der Waals surface area (Å²) < 4.78 is 17.1. The molecule has 4 aromatic rings. The normalized spacial score (nSPS) is 10.4. The molecule has 0 radical (unpaired) electrons. The zero-order valence-corrected chi connectivity index (χ0v) is 23.4. The zero-order valence-electron chi connectivity index (χ0n) is 20.3. The topological polar surface area (TPSA) is 114 Å². The minimum Gasteiger partial charge on any atom is -0.489 e. The van der Waals surface area contributed by atoms with Crippen LogP contribution >= 0.6 is 0 Å². The van der Waals surface area contributed by atoms with Crippen molar-refractivity contribution < 1.29 is 70.2 Å². The molecule has 0 aliphatic carbocycles. The largest absolute Gasteiger partial charge is 1.00 e. The Bertz CT molecular complexity index is 1440. The van der Waals surface area contributed by atoms with Gasteiger partial charge in [0.15, 0.2) is 12.3 Å². The number of nitrogens with one attached hydrogen (secondary N) is 1. The Morgan fingerprint density at radius 1 is 0.972 bits per heavy atom. The summed E-state index contributed by atoms with van der Waals surface area (Å²) in [5.74, 6) is 0.219. The third kappa shape index (κ3) is 7.31. The van der Waals surface area contributed by atoms with E-state index in [1.807, 2.05) is 43.3 Å². The van der Waals surface area contributed by atoms with Crippen LogP contribution in [0.2, 0.25) is 0 Å². The summed E-state index contributed by atoms with van der Waals surface area (Å²) in [6, 6.07) is 21.0. The molecule has 3 aromatic carbocycles. The minimum absolute atomic E-state index is 0. The van der Waals surface area contributed by atoms with Crippen molar-refractivity contribution in [2.24, 2.45) is 0 Å². The standard InChI is InChI=1S/C26H25N3O6.K/c1-17-12-22(34-16-24(30)27-2)10-11-23(17)20-5-3-4-19(13-20)15-33-21-8-6-18(7-9-21)14-29-25(31)28-26(32)35-29;/h3-13H,14-16H2,1-2H3,(H2,27,28,30,31,32);/q;+1/p-1. The fraction of sp³-hybridized carbons (Fsp3) is 0.192. The van der Waals surface area contributed by atoms with Crippen LogP contribution in [0.5, 0.6) is 11.5 Å². The molecule has 4 rings (SSSR count). The molecule has 1 N–H and O–H groups in total. The Morgan fingerprint density at radius 2 is 1.72 bits per heavy atom. The van der Waals surface area contributed by atoms with E-state index in [-0.39, 0.29) is 70.4 Å². The molecule has 1 amide bonds. The van der Waals surface area contributed by atoms with Crippen LogP contribution in [0.25, 0.3) is 11.1 Å². The van der Waals surface area contributed by atoms with Gasteiger partial charge in [-0.15, -0.1) is 0 Å². The van der Waals surface area contributed by atoms with E-state index in [9.17, 15) is 14.4 Å². The number of ether oxygens (including phenoxy) is 2. The molecule has 36 heavy (non-hydrogen) atoms. The van der Waals surface area contributed by atoms with Crippen molar-refractivity contribution in [2.45, 2.75) is 20.1 Å². The van der Waals surface area contributed by atoms with Gasteiger partial charge >= 0.3 is 57.1 Å². The number of aromatic nitrogens is 2. The van der Waals surface area contributed by atoms with Crippen LogP contribution in [0.15, 0.2) is 80.8 Å². The van der Waals surface area contributed by atoms with E-state index < -0.39 is 11.4 Å². The fourth-order valence-electron chi connectivity index (χ4n) is 3.51. The van der Waals surface area contributed by atoms with Gasteiger partial charge in [-0.25, -0.2) is 4.79 Å². The van der Waals surface area contributed by atoms with E-state index >= 15 is 0 Å². The van der Waals surface area contributed by atoms with Gasteiger partial charge in [0.1, 0.15) is 18.1 Å². The van der Waals surface area contributed by atoms with Crippen molar-refractivity contribution in [1.82, 2.24) is 15.0 Å². The number of hydrogen-bond acceptors (Lipinski definition) is 6. The maximum Gasteiger partial charge on any atom is 1.00 e. The summed E-state index contributed by atoms with van der Waals surface area (Å²) in [6.45, 7) is 2.46. The smallest absolute Gasteiger partial charge is 0.489 e. The molecule has 0 atom stereocenters. The minimum atomic E-state index is -0.905. The third-order valence-electron chi connectivity index (χ3n) is 5.33. The van der Waals surface area contributed by atoms with Crippen LogP contribution in [0.3, 0.4) is 0 Å². The molecule has 0 unspecified atom stereocenters. The average Bonchev–Trinajstić information content (AvgIpc) is 3.18. The molecule has 0 bridgehead atoms. The summed E-state index contributed by atoms with van der Waals surface area (Å²) in [5, 5.41) is 2.53. The Balaban J connectivity index is 0.00000361. The second-order valence-electron chi connectivity index (χ2n) is 7.86. The second-order valence-corrected chi connectivity index (χ2v) is 7.86. The predicted molar refractivity (Wildman–Crippen MR) is 129 cm³/mol. The number of hydrogen-bond donors (Lipinski definition) is 1. The van der Waals surface area contributed by atoms with Gasteiger partial charge in [0.25, 0.3) is 5.91 Å². The summed E-state index contributed by atoms with van der Waals surface area (Å²) in [5.41, 5.74) is 4.21. The number of carbonyl (C=O) groups is 1. The first-order valence-electron chi connectivity index (χ1n) is 10.9. The van der Waals surface area contributed by atoms with Gasteiger partial charge < -0.3 is 24.3 Å². The van der Waals surface area contributed by atoms with Gasteiger partial charge in [-0.3, -0.25) is 14.3 Å². The molecule has 9 nitrogen and oxygen atoms in total. The van der Waals surface area contributed by atoms with Gasteiger partial charge in [-0.05, 0) is 65.1 Å². The van der Waals surface area contributed by atoms with Crippen LogP contribution in [-0.4, -0.2) is 24.3 Å². The number of likely N-dealkylation sites (N-methyl/N-ethyl adjacent to an activating group) is 1. The summed E-state index contributed by atoms with van der Waals surface area (Å²) in [7, 11) is 1.57. The number of aryl methyl sites for hydroxylation is 1. The SMILES string of the molecule is CNC(=O)COc1ccc(-c2cccc(COc3ccc(Cn4oc(=O)[n-]c4=O)cc3)c2)c(C)c1.[K+]. The molecule has 0 fully saturated rings. The van der Waals surface area contributed by atoms with Gasteiger partial charge in [0.05, 0.1) is 0 Å². The molecule has 0 aliphatic rings.